The largest absolute Gasteiger partial charge is 0.405 e. The molecule has 0 heterocycles. The third kappa shape index (κ3) is 7.06. The summed E-state index contributed by atoms with van der Waals surface area (Å²) in [5.41, 5.74) is 6.01. The van der Waals surface area contributed by atoms with Crippen molar-refractivity contribution in [3.8, 4) is 0 Å². The van der Waals surface area contributed by atoms with Crippen LogP contribution in [0.4, 0.5) is 18.0 Å². The molecule has 3 nitrogen and oxygen atoms in total. The number of rotatable bonds is 1. The number of carbonyl (C=O) groups excluding carboxylic acids is 1. The van der Waals surface area contributed by atoms with Crippen LogP contribution in [0.5, 0.6) is 0 Å². The van der Waals surface area contributed by atoms with Crippen molar-refractivity contribution >= 4 is 6.03 Å². The fraction of sp³-hybridized carbons (Fsp3) is 0.667. The smallest absolute Gasteiger partial charge is 0.328 e. The van der Waals surface area contributed by atoms with Crippen LogP contribution in [0, 0.1) is 0 Å². The van der Waals surface area contributed by atoms with Crippen LogP contribution < -0.4 is 11.1 Å². The van der Waals surface area contributed by atoms with E-state index in [0.717, 1.165) is 0 Å². The standard InChI is InChI=1S/C3H4F3N2O/c4-3(5,6)1-8-2(7)9/h7H,1H2,(H,8,9). The predicted octanol–water partition coefficient (Wildman–Crippen LogP) is 0.541. The molecule has 0 rings (SSSR count). The molecule has 53 valence electrons. The highest BCUT2D eigenvalue weighted by Gasteiger charge is 2.27. The molecule has 0 aliphatic rings. The Kier molecular flexibility index (Phi) is 2.29. The van der Waals surface area contributed by atoms with E-state index in [1.54, 1.807) is 0 Å². The first-order chi connectivity index (χ1) is 3.92. The van der Waals surface area contributed by atoms with Gasteiger partial charge in [-0.25, -0.2) is 10.5 Å². The third-order valence-electron chi connectivity index (χ3n) is 0.449. The fourth-order valence-corrected chi connectivity index (χ4v) is 0.181. The maximum absolute atomic E-state index is 11.1. The molecule has 0 saturated heterocycles. The summed E-state index contributed by atoms with van der Waals surface area (Å²) >= 11 is 0. The van der Waals surface area contributed by atoms with Crippen LogP contribution in [0.3, 0.4) is 0 Å². The highest BCUT2D eigenvalue weighted by molar-refractivity contribution is 5.70. The summed E-state index contributed by atoms with van der Waals surface area (Å²) in [5.74, 6) is 0. The summed E-state index contributed by atoms with van der Waals surface area (Å²) in [7, 11) is 0. The number of nitrogens with one attached hydrogen (secondary N) is 2. The summed E-state index contributed by atoms with van der Waals surface area (Å²) < 4.78 is 33.4. The first-order valence-electron chi connectivity index (χ1n) is 1.98. The molecule has 0 aliphatic carbocycles. The molecule has 0 fully saturated rings. The van der Waals surface area contributed by atoms with Crippen LogP contribution in [0.15, 0.2) is 0 Å². The minimum Gasteiger partial charge on any atom is -0.328 e. The van der Waals surface area contributed by atoms with E-state index in [9.17, 15) is 18.0 Å². The summed E-state index contributed by atoms with van der Waals surface area (Å²) in [6.45, 7) is -1.44. The monoisotopic (exact) mass is 141 g/mol. The second-order valence-corrected chi connectivity index (χ2v) is 1.30. The van der Waals surface area contributed by atoms with Gasteiger partial charge < -0.3 is 5.32 Å². The van der Waals surface area contributed by atoms with E-state index in [-0.39, 0.29) is 0 Å². The van der Waals surface area contributed by atoms with Gasteiger partial charge in [0.1, 0.15) is 6.54 Å². The molecule has 0 aromatic rings. The van der Waals surface area contributed by atoms with E-state index in [4.69, 9.17) is 5.73 Å². The summed E-state index contributed by atoms with van der Waals surface area (Å²) in [4.78, 5) is 9.55. The van der Waals surface area contributed by atoms with Crippen molar-refractivity contribution in [2.45, 2.75) is 6.18 Å². The molecule has 0 spiro atoms. The van der Waals surface area contributed by atoms with Gasteiger partial charge in [-0.2, -0.15) is 13.2 Å². The number of alkyl halides is 3. The molecular weight excluding hydrogens is 137 g/mol. The van der Waals surface area contributed by atoms with Gasteiger partial charge in [0.15, 0.2) is 0 Å². The van der Waals surface area contributed by atoms with Gasteiger partial charge in [-0.05, 0) is 0 Å². The van der Waals surface area contributed by atoms with Crippen LogP contribution in [0.2, 0.25) is 0 Å². The topological polar surface area (TPSA) is 52.9 Å². The molecule has 2 amide bonds. The van der Waals surface area contributed by atoms with Crippen LogP contribution >= 0.6 is 0 Å². The van der Waals surface area contributed by atoms with Crippen molar-refractivity contribution in [3.05, 3.63) is 0 Å². The van der Waals surface area contributed by atoms with Crippen molar-refractivity contribution in [3.63, 3.8) is 0 Å². The molecule has 0 aromatic carbocycles. The molecule has 0 atom stereocenters. The molecule has 2 N–H and O–H groups in total. The third-order valence-corrected chi connectivity index (χ3v) is 0.449. The zero-order valence-corrected chi connectivity index (χ0v) is 4.25. The molecule has 6 heteroatoms. The van der Waals surface area contributed by atoms with Crippen molar-refractivity contribution < 1.29 is 18.0 Å². The molecule has 1 radical (unpaired) electrons. The molecule has 9 heavy (non-hydrogen) atoms. The molecule has 0 aliphatic heterocycles. The number of hydrogen-bond acceptors (Lipinski definition) is 1. The number of halogens is 3. The predicted molar refractivity (Wildman–Crippen MR) is 22.6 cm³/mol. The molecule has 0 unspecified atom stereocenters. The lowest BCUT2D eigenvalue weighted by molar-refractivity contribution is -0.122. The van der Waals surface area contributed by atoms with E-state index in [0.29, 0.717) is 0 Å². The minimum atomic E-state index is -4.42. The first kappa shape index (κ1) is 8.06. The Balaban J connectivity index is 3.39. The molecule has 0 saturated carbocycles. The number of hydrogen-bond donors (Lipinski definition) is 1. The minimum absolute atomic E-state index is 1.29. The van der Waals surface area contributed by atoms with Crippen molar-refractivity contribution in [2.24, 2.45) is 0 Å². The zero-order valence-electron chi connectivity index (χ0n) is 4.25. The Bertz CT molecular complexity index is 110. The lowest BCUT2D eigenvalue weighted by Crippen LogP contribution is -2.33. The van der Waals surface area contributed by atoms with Gasteiger partial charge in [-0.15, -0.1) is 0 Å². The second-order valence-electron chi connectivity index (χ2n) is 1.30. The van der Waals surface area contributed by atoms with Crippen molar-refractivity contribution in [1.29, 1.82) is 0 Å². The Morgan fingerprint density at radius 2 is 2.00 bits per heavy atom. The van der Waals surface area contributed by atoms with Crippen LogP contribution in [0.25, 0.3) is 0 Å². The van der Waals surface area contributed by atoms with Gasteiger partial charge in [0.05, 0.1) is 0 Å². The van der Waals surface area contributed by atoms with Crippen molar-refractivity contribution in [1.82, 2.24) is 11.1 Å². The quantitative estimate of drug-likeness (QED) is 0.569. The molecule has 0 aromatic heterocycles. The Morgan fingerprint density at radius 1 is 1.56 bits per heavy atom. The zero-order chi connectivity index (χ0) is 7.49. The Labute approximate surface area is 49.0 Å². The molecule has 0 bridgehead atoms. The van der Waals surface area contributed by atoms with E-state index < -0.39 is 18.8 Å². The average Bonchev–Trinajstić information content (AvgIpc) is 1.59. The number of amides is 2. The highest BCUT2D eigenvalue weighted by Crippen LogP contribution is 2.11. The average molecular weight is 141 g/mol. The first-order valence-corrected chi connectivity index (χ1v) is 1.98. The van der Waals surface area contributed by atoms with Gasteiger partial charge in [0.2, 0.25) is 0 Å². The van der Waals surface area contributed by atoms with Gasteiger partial charge in [-0.3, -0.25) is 0 Å². The fourth-order valence-electron chi connectivity index (χ4n) is 0.181. The summed E-state index contributed by atoms with van der Waals surface area (Å²) in [5, 5.41) is 1.29. The molecular formula is C3H4F3N2O. The number of urea groups is 1. The van der Waals surface area contributed by atoms with Gasteiger partial charge >= 0.3 is 12.2 Å². The van der Waals surface area contributed by atoms with Crippen molar-refractivity contribution in [2.75, 3.05) is 6.54 Å². The van der Waals surface area contributed by atoms with Gasteiger partial charge in [0, 0.05) is 0 Å². The lowest BCUT2D eigenvalue weighted by Gasteiger charge is -2.03. The van der Waals surface area contributed by atoms with E-state index >= 15 is 0 Å². The van der Waals surface area contributed by atoms with Gasteiger partial charge in [-0.1, -0.05) is 0 Å². The van der Waals surface area contributed by atoms with Gasteiger partial charge in [0.25, 0.3) is 0 Å². The van der Waals surface area contributed by atoms with Crippen LogP contribution in [0.1, 0.15) is 0 Å². The highest BCUT2D eigenvalue weighted by atomic mass is 19.4. The Morgan fingerprint density at radius 3 is 2.11 bits per heavy atom. The van der Waals surface area contributed by atoms with E-state index in [1.165, 1.54) is 5.32 Å². The van der Waals surface area contributed by atoms with E-state index in [2.05, 4.69) is 0 Å². The number of carbonyl (C=O) groups is 1. The normalized spacial score (nSPS) is 11.0. The van der Waals surface area contributed by atoms with Crippen LogP contribution in [-0.2, 0) is 0 Å². The SMILES string of the molecule is [NH]C(=O)NCC(F)(F)F. The maximum Gasteiger partial charge on any atom is 0.405 e. The maximum atomic E-state index is 11.1. The lowest BCUT2D eigenvalue weighted by atomic mass is 10.6. The summed E-state index contributed by atoms with van der Waals surface area (Å²) in [6.07, 6.45) is -4.42. The summed E-state index contributed by atoms with van der Waals surface area (Å²) in [6, 6.07) is -1.42. The van der Waals surface area contributed by atoms with Crippen LogP contribution in [-0.4, -0.2) is 18.8 Å². The van der Waals surface area contributed by atoms with E-state index in [1.807, 2.05) is 0 Å². The second kappa shape index (κ2) is 2.56. The Hall–Kier alpha value is -0.940.